The summed E-state index contributed by atoms with van der Waals surface area (Å²) in [7, 11) is 0. The monoisotopic (exact) mass is 673 g/mol. The Balaban J connectivity index is 1.08. The molecule has 3 heteroatoms. The lowest BCUT2D eigenvalue weighted by atomic mass is 9.93. The minimum atomic E-state index is -0.391. The molecular weight excluding hydrogens is 637 g/mol. The molecule has 0 aliphatic heterocycles. The maximum atomic E-state index is 8.94. The van der Waals surface area contributed by atoms with Crippen LogP contribution in [-0.4, -0.2) is 9.97 Å². The van der Waals surface area contributed by atoms with Gasteiger partial charge in [0.15, 0.2) is 5.82 Å². The van der Waals surface area contributed by atoms with E-state index in [1.165, 1.54) is 21.5 Å². The summed E-state index contributed by atoms with van der Waals surface area (Å²) in [6.45, 7) is 0. The molecule has 0 amide bonds. The highest BCUT2D eigenvalue weighted by molar-refractivity contribution is 7.26. The Bertz CT molecular complexity index is 3290. The molecule has 0 fully saturated rings. The summed E-state index contributed by atoms with van der Waals surface area (Å²) < 4.78 is 60.8. The van der Waals surface area contributed by atoms with Gasteiger partial charge in [0.25, 0.3) is 0 Å². The fourth-order valence-electron chi connectivity index (χ4n) is 6.91. The van der Waals surface area contributed by atoms with Crippen molar-refractivity contribution in [2.24, 2.45) is 0 Å². The van der Waals surface area contributed by atoms with Crippen molar-refractivity contribution in [3.63, 3.8) is 0 Å². The van der Waals surface area contributed by atoms with Crippen LogP contribution in [0.2, 0.25) is 0 Å². The molecule has 0 unspecified atom stereocenters. The Morgan fingerprint density at radius 1 is 0.412 bits per heavy atom. The van der Waals surface area contributed by atoms with Gasteiger partial charge in [0.05, 0.1) is 21.0 Å². The van der Waals surface area contributed by atoms with Crippen molar-refractivity contribution in [2.75, 3.05) is 0 Å². The lowest BCUT2D eigenvalue weighted by Crippen LogP contribution is -1.96. The maximum Gasteiger partial charge on any atom is 0.160 e. The molecule has 2 aromatic heterocycles. The summed E-state index contributed by atoms with van der Waals surface area (Å²) in [5, 5.41) is 5.30. The third-order valence-electron chi connectivity index (χ3n) is 9.42. The second-order valence-electron chi connectivity index (χ2n) is 12.4. The number of rotatable bonds is 5. The second-order valence-corrected chi connectivity index (χ2v) is 13.5. The lowest BCUT2D eigenvalue weighted by molar-refractivity contribution is 1.18. The zero-order valence-corrected chi connectivity index (χ0v) is 27.9. The van der Waals surface area contributed by atoms with Crippen LogP contribution in [0, 0.1) is 0 Å². The van der Waals surface area contributed by atoms with Gasteiger partial charge in [-0.25, -0.2) is 9.97 Å². The number of nitrogens with zero attached hydrogens (tertiary/aromatic N) is 2. The first-order chi connectivity index (χ1) is 28.2. The Morgan fingerprint density at radius 2 is 1.00 bits per heavy atom. The molecule has 0 saturated carbocycles. The minimum Gasteiger partial charge on any atom is -0.228 e. The van der Waals surface area contributed by atoms with Gasteiger partial charge < -0.3 is 0 Å². The number of hydrogen-bond donors (Lipinski definition) is 0. The summed E-state index contributed by atoms with van der Waals surface area (Å²) in [6, 6.07) is 45.2. The highest BCUT2D eigenvalue weighted by atomic mass is 32.1. The minimum absolute atomic E-state index is 0.136. The molecule has 0 radical (unpaired) electrons. The maximum absolute atomic E-state index is 8.94. The Labute approximate surface area is 309 Å². The number of fused-ring (bicyclic) bond motifs is 6. The van der Waals surface area contributed by atoms with Crippen LogP contribution in [0.1, 0.15) is 9.60 Å². The average Bonchev–Trinajstić information content (AvgIpc) is 3.68. The molecule has 0 saturated heterocycles. The fourth-order valence-corrected chi connectivity index (χ4v) is 8.00. The number of hydrogen-bond acceptors (Lipinski definition) is 3. The first kappa shape index (κ1) is 23.1. The zero-order chi connectivity index (χ0) is 39.8. The van der Waals surface area contributed by atoms with E-state index in [2.05, 4.69) is 78.9 Å². The normalized spacial score (nSPS) is 13.5. The van der Waals surface area contributed by atoms with Gasteiger partial charge in [-0.3, -0.25) is 0 Å². The van der Waals surface area contributed by atoms with Gasteiger partial charge in [-0.2, -0.15) is 0 Å². The molecule has 238 valence electrons. The summed E-state index contributed by atoms with van der Waals surface area (Å²) in [5.41, 5.74) is 7.38. The van der Waals surface area contributed by atoms with Crippen LogP contribution < -0.4 is 0 Å². The van der Waals surface area contributed by atoms with Crippen LogP contribution in [0.3, 0.4) is 0 Å². The largest absolute Gasteiger partial charge is 0.228 e. The van der Waals surface area contributed by atoms with Crippen LogP contribution in [0.25, 0.3) is 97.9 Å². The van der Waals surface area contributed by atoms with Crippen molar-refractivity contribution in [1.29, 1.82) is 0 Å². The first-order valence-electron chi connectivity index (χ1n) is 20.2. The smallest absolute Gasteiger partial charge is 0.160 e. The van der Waals surface area contributed by atoms with E-state index in [1.807, 2.05) is 60.7 Å². The van der Waals surface area contributed by atoms with Gasteiger partial charge in [-0.1, -0.05) is 164 Å². The molecular formula is C48H30N2S. The molecule has 10 rings (SSSR count). The van der Waals surface area contributed by atoms with Gasteiger partial charge in [0.2, 0.25) is 0 Å². The van der Waals surface area contributed by atoms with Gasteiger partial charge >= 0.3 is 0 Å². The van der Waals surface area contributed by atoms with E-state index < -0.39 is 6.04 Å². The highest BCUT2D eigenvalue weighted by Crippen LogP contribution is 2.41. The summed E-state index contributed by atoms with van der Waals surface area (Å²) >= 11 is 1.13. The lowest BCUT2D eigenvalue weighted by Gasteiger charge is -2.13. The van der Waals surface area contributed by atoms with Crippen molar-refractivity contribution in [3.8, 4) is 56.2 Å². The van der Waals surface area contributed by atoms with Gasteiger partial charge in [0.1, 0.15) is 0 Å². The Kier molecular flexibility index (Phi) is 5.50. The zero-order valence-electron chi connectivity index (χ0n) is 34.1. The van der Waals surface area contributed by atoms with E-state index in [9.17, 15) is 0 Å². The van der Waals surface area contributed by atoms with Crippen LogP contribution in [0.4, 0.5) is 0 Å². The van der Waals surface area contributed by atoms with E-state index in [4.69, 9.17) is 19.6 Å². The first-order valence-corrected chi connectivity index (χ1v) is 17.5. The molecule has 2 nitrogen and oxygen atoms in total. The van der Waals surface area contributed by atoms with Gasteiger partial charge in [-0.15, -0.1) is 11.3 Å². The quantitative estimate of drug-likeness (QED) is 0.170. The summed E-state index contributed by atoms with van der Waals surface area (Å²) in [6.07, 6.45) is 0. The Hall–Kier alpha value is -6.42. The summed E-state index contributed by atoms with van der Waals surface area (Å²) in [5.74, 6) is 0.576. The molecule has 51 heavy (non-hydrogen) atoms. The predicted molar refractivity (Wildman–Crippen MR) is 217 cm³/mol. The Morgan fingerprint density at radius 3 is 1.75 bits per heavy atom. The van der Waals surface area contributed by atoms with E-state index >= 15 is 0 Å². The van der Waals surface area contributed by atoms with Crippen LogP contribution in [0.5, 0.6) is 0 Å². The molecule has 2 heterocycles. The van der Waals surface area contributed by atoms with Crippen molar-refractivity contribution in [1.82, 2.24) is 9.97 Å². The molecule has 10 aromatic rings. The van der Waals surface area contributed by atoms with Crippen molar-refractivity contribution in [3.05, 3.63) is 182 Å². The third-order valence-corrected chi connectivity index (χ3v) is 10.5. The van der Waals surface area contributed by atoms with Crippen LogP contribution in [0.15, 0.2) is 182 Å². The molecule has 8 aromatic carbocycles. The predicted octanol–water partition coefficient (Wildman–Crippen LogP) is 13.5. The van der Waals surface area contributed by atoms with Crippen molar-refractivity contribution >= 4 is 53.1 Å². The topological polar surface area (TPSA) is 25.8 Å². The highest BCUT2D eigenvalue weighted by Gasteiger charge is 2.14. The average molecular weight is 674 g/mol. The molecule has 0 N–H and O–H groups in total. The number of aromatic nitrogens is 2. The summed E-state index contributed by atoms with van der Waals surface area (Å²) in [4.78, 5) is 10.0. The van der Waals surface area contributed by atoms with E-state index in [1.54, 1.807) is 0 Å². The third kappa shape index (κ3) is 5.18. The molecule has 0 aliphatic carbocycles. The standard InChI is InChI=1S/C48H30N2S/c1-2-11-35(12-3-1)48-49-44(33-25-21-31(22-26-33)38-18-10-19-42-41-17-8-9-20-46(41)51-47(38)42)30-45(50-48)34-27-23-32(24-28-34)43-29-36-13-4-5-14-37(36)39-15-6-7-16-40(39)43/h1-30H/i8D,9D,10D,17D,18D,19D,20D. The SMILES string of the molecule is [2H]c1c([2H])c([2H])c2c(sc3c(-c4ccc(-c5cc(-c6ccc(-c7cc8ccccc8c8ccccc78)cc6)nc(-c6ccccc6)n5)cc4)c([2H])c([2H])c([2H])c32)c1[2H]. The molecule has 0 spiro atoms. The van der Waals surface area contributed by atoms with E-state index in [0.29, 0.717) is 32.0 Å². The number of thiophene rings is 1. The van der Waals surface area contributed by atoms with Crippen LogP contribution in [-0.2, 0) is 0 Å². The van der Waals surface area contributed by atoms with Crippen LogP contribution >= 0.6 is 11.3 Å². The van der Waals surface area contributed by atoms with Gasteiger partial charge in [0, 0.05) is 36.9 Å². The second kappa shape index (κ2) is 12.2. The van der Waals surface area contributed by atoms with E-state index in [0.717, 1.165) is 44.8 Å². The fraction of sp³-hybridized carbons (Fsp3) is 0. The van der Waals surface area contributed by atoms with E-state index in [-0.39, 0.29) is 47.0 Å². The van der Waals surface area contributed by atoms with Crippen molar-refractivity contribution < 1.29 is 9.60 Å². The molecule has 0 aliphatic rings. The van der Waals surface area contributed by atoms with Gasteiger partial charge in [-0.05, 0) is 62.0 Å². The number of benzene rings is 8. The van der Waals surface area contributed by atoms with Crippen molar-refractivity contribution in [2.45, 2.75) is 0 Å². The molecule has 0 bridgehead atoms. The molecule has 0 atom stereocenters.